The number of rotatable bonds is 15. The lowest BCUT2D eigenvalue weighted by molar-refractivity contribution is 0.256. The van der Waals surface area contributed by atoms with E-state index in [1.54, 1.807) is 0 Å². The van der Waals surface area contributed by atoms with Gasteiger partial charge in [-0.2, -0.15) is 0 Å². The fourth-order valence-electron chi connectivity index (χ4n) is 5.35. The van der Waals surface area contributed by atoms with E-state index in [4.69, 9.17) is 5.73 Å². The van der Waals surface area contributed by atoms with Gasteiger partial charge in [0.15, 0.2) is 0 Å². The second-order valence-electron chi connectivity index (χ2n) is 9.14. The SMILES string of the molecule is CCCCC(C)C(CCCN)CCC1CCC(C(CC)CCCC)C1. The molecule has 1 rings (SSSR count). The summed E-state index contributed by atoms with van der Waals surface area (Å²) in [6.07, 6.45) is 20.0. The van der Waals surface area contributed by atoms with Crippen LogP contribution in [-0.2, 0) is 0 Å². The molecule has 1 aliphatic rings. The lowest BCUT2D eigenvalue weighted by Crippen LogP contribution is -2.16. The van der Waals surface area contributed by atoms with Crippen molar-refractivity contribution in [2.24, 2.45) is 35.3 Å². The molecule has 1 aliphatic carbocycles. The summed E-state index contributed by atoms with van der Waals surface area (Å²) in [6.45, 7) is 10.5. The third kappa shape index (κ3) is 8.94. The Hall–Kier alpha value is -0.0400. The van der Waals surface area contributed by atoms with E-state index in [0.717, 1.165) is 36.1 Å². The maximum atomic E-state index is 5.80. The minimum Gasteiger partial charge on any atom is -0.330 e. The highest BCUT2D eigenvalue weighted by Gasteiger charge is 2.30. The molecule has 0 radical (unpaired) electrons. The van der Waals surface area contributed by atoms with E-state index < -0.39 is 0 Å². The Morgan fingerprint density at radius 3 is 2.24 bits per heavy atom. The van der Waals surface area contributed by atoms with Gasteiger partial charge in [-0.3, -0.25) is 0 Å². The van der Waals surface area contributed by atoms with Gasteiger partial charge < -0.3 is 5.73 Å². The molecule has 1 fully saturated rings. The van der Waals surface area contributed by atoms with Gasteiger partial charge in [0, 0.05) is 0 Å². The summed E-state index contributed by atoms with van der Waals surface area (Å²) >= 11 is 0. The van der Waals surface area contributed by atoms with Crippen LogP contribution in [0.4, 0.5) is 0 Å². The average Bonchev–Trinajstić information content (AvgIpc) is 3.09. The molecule has 1 heteroatoms. The zero-order chi connectivity index (χ0) is 18.5. The van der Waals surface area contributed by atoms with Crippen molar-refractivity contribution in [1.29, 1.82) is 0 Å². The van der Waals surface area contributed by atoms with Crippen molar-refractivity contribution in [2.45, 2.75) is 118 Å². The summed E-state index contributed by atoms with van der Waals surface area (Å²) in [5, 5.41) is 0. The first-order chi connectivity index (χ1) is 12.2. The van der Waals surface area contributed by atoms with Gasteiger partial charge in [0.05, 0.1) is 0 Å². The van der Waals surface area contributed by atoms with Crippen LogP contribution < -0.4 is 5.73 Å². The van der Waals surface area contributed by atoms with Crippen LogP contribution >= 0.6 is 0 Å². The zero-order valence-electron chi connectivity index (χ0n) is 18.1. The molecule has 5 atom stereocenters. The van der Waals surface area contributed by atoms with Crippen molar-refractivity contribution in [3.8, 4) is 0 Å². The van der Waals surface area contributed by atoms with Gasteiger partial charge >= 0.3 is 0 Å². The smallest absolute Gasteiger partial charge is 0.00772 e. The highest BCUT2D eigenvalue weighted by Crippen LogP contribution is 2.42. The monoisotopic (exact) mass is 351 g/mol. The molecule has 1 saturated carbocycles. The molecule has 0 aromatic rings. The lowest BCUT2D eigenvalue weighted by atomic mass is 9.80. The third-order valence-corrected chi connectivity index (χ3v) is 7.24. The van der Waals surface area contributed by atoms with E-state index in [0.29, 0.717) is 0 Å². The van der Waals surface area contributed by atoms with Crippen LogP contribution in [0.15, 0.2) is 0 Å². The first kappa shape index (κ1) is 23.0. The molecule has 0 aromatic heterocycles. The minimum atomic E-state index is 0.873. The van der Waals surface area contributed by atoms with Gasteiger partial charge in [0.25, 0.3) is 0 Å². The van der Waals surface area contributed by atoms with Crippen LogP contribution in [-0.4, -0.2) is 6.54 Å². The average molecular weight is 352 g/mol. The highest BCUT2D eigenvalue weighted by atomic mass is 14.5. The quantitative estimate of drug-likeness (QED) is 0.323. The fraction of sp³-hybridized carbons (Fsp3) is 1.00. The van der Waals surface area contributed by atoms with Crippen molar-refractivity contribution >= 4 is 0 Å². The molecule has 1 nitrogen and oxygen atoms in total. The Bertz CT molecular complexity index is 300. The third-order valence-electron chi connectivity index (χ3n) is 7.24. The van der Waals surface area contributed by atoms with Crippen molar-refractivity contribution in [3.05, 3.63) is 0 Å². The van der Waals surface area contributed by atoms with Gasteiger partial charge in [0.2, 0.25) is 0 Å². The predicted molar refractivity (Wildman–Crippen MR) is 114 cm³/mol. The standard InChI is InChI=1S/C24H49N/c1-5-8-11-20(4)23(13-10-18-25)16-14-21-15-17-24(19-21)22(7-3)12-9-6-2/h20-24H,5-19,25H2,1-4H3. The molecule has 0 spiro atoms. The molecule has 0 heterocycles. The van der Waals surface area contributed by atoms with Crippen LogP contribution in [0, 0.1) is 29.6 Å². The largest absolute Gasteiger partial charge is 0.330 e. The molecule has 0 aliphatic heterocycles. The summed E-state index contributed by atoms with van der Waals surface area (Å²) in [5.41, 5.74) is 5.80. The van der Waals surface area contributed by atoms with E-state index in [1.807, 2.05) is 0 Å². The summed E-state index contributed by atoms with van der Waals surface area (Å²) in [7, 11) is 0. The van der Waals surface area contributed by atoms with Gasteiger partial charge in [-0.25, -0.2) is 0 Å². The van der Waals surface area contributed by atoms with Crippen LogP contribution in [0.3, 0.4) is 0 Å². The molecule has 0 aromatic carbocycles. The van der Waals surface area contributed by atoms with Gasteiger partial charge in [-0.15, -0.1) is 0 Å². The molecule has 0 saturated heterocycles. The maximum absolute atomic E-state index is 5.80. The summed E-state index contributed by atoms with van der Waals surface area (Å²) < 4.78 is 0. The molecule has 5 unspecified atom stereocenters. The minimum absolute atomic E-state index is 0.873. The molecule has 2 N–H and O–H groups in total. The predicted octanol–water partition coefficient (Wildman–Crippen LogP) is 7.58. The number of hydrogen-bond acceptors (Lipinski definition) is 1. The molecular formula is C24H49N. The van der Waals surface area contributed by atoms with Gasteiger partial charge in [-0.1, -0.05) is 85.5 Å². The van der Waals surface area contributed by atoms with Crippen molar-refractivity contribution in [3.63, 3.8) is 0 Å². The fourth-order valence-corrected chi connectivity index (χ4v) is 5.35. The summed E-state index contributed by atoms with van der Waals surface area (Å²) in [4.78, 5) is 0. The Kier molecular flexibility index (Phi) is 12.9. The lowest BCUT2D eigenvalue weighted by Gasteiger charge is -2.26. The number of nitrogens with two attached hydrogens (primary N) is 1. The Labute approximate surface area is 159 Å². The molecular weight excluding hydrogens is 302 g/mol. The Morgan fingerprint density at radius 1 is 0.880 bits per heavy atom. The van der Waals surface area contributed by atoms with Crippen molar-refractivity contribution < 1.29 is 0 Å². The molecule has 0 amide bonds. The second-order valence-corrected chi connectivity index (χ2v) is 9.14. The topological polar surface area (TPSA) is 26.0 Å². The maximum Gasteiger partial charge on any atom is -0.00772 e. The van der Waals surface area contributed by atoms with Crippen LogP contribution in [0.5, 0.6) is 0 Å². The van der Waals surface area contributed by atoms with E-state index in [1.165, 1.54) is 89.9 Å². The van der Waals surface area contributed by atoms with Gasteiger partial charge in [0.1, 0.15) is 0 Å². The van der Waals surface area contributed by atoms with E-state index in [9.17, 15) is 0 Å². The van der Waals surface area contributed by atoms with E-state index in [2.05, 4.69) is 27.7 Å². The zero-order valence-corrected chi connectivity index (χ0v) is 18.1. The summed E-state index contributed by atoms with van der Waals surface area (Å²) in [6, 6.07) is 0. The number of unbranched alkanes of at least 4 members (excludes halogenated alkanes) is 2. The Morgan fingerprint density at radius 2 is 1.60 bits per heavy atom. The van der Waals surface area contributed by atoms with Crippen LogP contribution in [0.2, 0.25) is 0 Å². The first-order valence-corrected chi connectivity index (χ1v) is 11.9. The first-order valence-electron chi connectivity index (χ1n) is 11.9. The molecule has 0 bridgehead atoms. The van der Waals surface area contributed by atoms with Crippen molar-refractivity contribution in [2.75, 3.05) is 6.54 Å². The summed E-state index contributed by atoms with van der Waals surface area (Å²) in [5.74, 6) is 4.91. The molecule has 25 heavy (non-hydrogen) atoms. The van der Waals surface area contributed by atoms with Crippen molar-refractivity contribution in [1.82, 2.24) is 0 Å². The molecule has 150 valence electrons. The second kappa shape index (κ2) is 14.1. The Balaban J connectivity index is 2.40. The van der Waals surface area contributed by atoms with E-state index >= 15 is 0 Å². The highest BCUT2D eigenvalue weighted by molar-refractivity contribution is 4.81. The van der Waals surface area contributed by atoms with Crippen LogP contribution in [0.25, 0.3) is 0 Å². The normalized spacial score (nSPS) is 24.4. The number of hydrogen-bond donors (Lipinski definition) is 1. The van der Waals surface area contributed by atoms with E-state index in [-0.39, 0.29) is 0 Å². The van der Waals surface area contributed by atoms with Crippen LogP contribution in [0.1, 0.15) is 118 Å². The van der Waals surface area contributed by atoms with Gasteiger partial charge in [-0.05, 0) is 68.2 Å².